The molecule has 0 spiro atoms. The fourth-order valence-corrected chi connectivity index (χ4v) is 2.09. The lowest BCUT2D eigenvalue weighted by Gasteiger charge is -2.18. The molecule has 0 aliphatic rings. The lowest BCUT2D eigenvalue weighted by Crippen LogP contribution is -2.51. The van der Waals surface area contributed by atoms with Crippen LogP contribution in [0.1, 0.15) is 12.5 Å². The third kappa shape index (κ3) is 3.21. The van der Waals surface area contributed by atoms with Crippen molar-refractivity contribution in [2.24, 2.45) is 11.6 Å². The van der Waals surface area contributed by atoms with Crippen molar-refractivity contribution in [3.05, 3.63) is 36.0 Å². The fraction of sp³-hybridized carbons (Fsp3) is 0.286. The van der Waals surface area contributed by atoms with Crippen molar-refractivity contribution in [1.82, 2.24) is 9.99 Å². The van der Waals surface area contributed by atoms with Gasteiger partial charge in [0.15, 0.2) is 0 Å². The summed E-state index contributed by atoms with van der Waals surface area (Å²) in [6, 6.07) is 6.76. The van der Waals surface area contributed by atoms with Gasteiger partial charge in [-0.25, -0.2) is 10.6 Å². The molecule has 1 heterocycles. The predicted octanol–water partition coefficient (Wildman–Crippen LogP) is 0.897. The number of carbonyl (C=O) groups excluding carboxylic acids is 2. The highest BCUT2D eigenvalue weighted by molar-refractivity contribution is 5.94. The van der Waals surface area contributed by atoms with E-state index in [1.165, 1.54) is 0 Å². The van der Waals surface area contributed by atoms with Gasteiger partial charge in [-0.05, 0) is 25.0 Å². The summed E-state index contributed by atoms with van der Waals surface area (Å²) in [6.07, 6.45) is 1.16. The van der Waals surface area contributed by atoms with E-state index >= 15 is 0 Å². The van der Waals surface area contributed by atoms with Crippen LogP contribution in [0.15, 0.2) is 30.5 Å². The number of hydrogen-bond acceptors (Lipinski definition) is 5. The molecule has 0 aliphatic heterocycles. The third-order valence-electron chi connectivity index (χ3n) is 3.13. The number of rotatable bonds is 4. The first kappa shape index (κ1) is 15.0. The Morgan fingerprint density at radius 2 is 2.10 bits per heavy atom. The Kier molecular flexibility index (Phi) is 4.56. The van der Waals surface area contributed by atoms with E-state index in [9.17, 15) is 9.59 Å². The average Bonchev–Trinajstić information content (AvgIpc) is 2.89. The van der Waals surface area contributed by atoms with Crippen LogP contribution in [0.2, 0.25) is 0 Å². The summed E-state index contributed by atoms with van der Waals surface area (Å²) in [6.45, 7) is 1.76. The summed E-state index contributed by atoms with van der Waals surface area (Å²) in [7, 11) is 0. The Morgan fingerprint density at radius 3 is 2.81 bits per heavy atom. The Morgan fingerprint density at radius 1 is 1.38 bits per heavy atom. The maximum Gasteiger partial charge on any atom is 0.431 e. The standard InChI is InChI=1S/C14H18N4O3/c1-2-21-14(20)18(16)13(19)11(15)7-9-8-17-12-6-4-3-5-10(9)12/h3-6,8,11,17H,2,7,15-16H2,1H3/t11-/m0/s1. The quantitative estimate of drug-likeness (QED) is 0.439. The Balaban J connectivity index is 2.08. The number of aromatic nitrogens is 1. The first-order chi connectivity index (χ1) is 10.0. The van der Waals surface area contributed by atoms with Crippen LogP contribution in [0.3, 0.4) is 0 Å². The number of hydrazine groups is 1. The minimum atomic E-state index is -0.918. The predicted molar refractivity (Wildman–Crippen MR) is 78.0 cm³/mol. The van der Waals surface area contributed by atoms with E-state index in [2.05, 4.69) is 9.72 Å². The zero-order chi connectivity index (χ0) is 15.4. The van der Waals surface area contributed by atoms with Gasteiger partial charge in [0.05, 0.1) is 12.6 Å². The second-order valence-electron chi connectivity index (χ2n) is 4.58. The topological polar surface area (TPSA) is 114 Å². The molecule has 1 aromatic heterocycles. The molecule has 112 valence electrons. The number of imide groups is 1. The first-order valence-corrected chi connectivity index (χ1v) is 6.60. The van der Waals surface area contributed by atoms with Crippen LogP contribution in [0, 0.1) is 0 Å². The molecule has 0 saturated carbocycles. The normalized spacial score (nSPS) is 12.1. The minimum Gasteiger partial charge on any atom is -0.448 e. The molecule has 0 unspecified atom stereocenters. The van der Waals surface area contributed by atoms with Gasteiger partial charge in [-0.3, -0.25) is 4.79 Å². The van der Waals surface area contributed by atoms with Crippen LogP contribution < -0.4 is 11.6 Å². The SMILES string of the molecule is CCOC(=O)N(N)C(=O)[C@@H](N)Cc1c[nH]c2ccccc12. The molecule has 0 bridgehead atoms. The molecular weight excluding hydrogens is 272 g/mol. The van der Waals surface area contributed by atoms with Crippen molar-refractivity contribution >= 4 is 22.9 Å². The van der Waals surface area contributed by atoms with Gasteiger partial charge >= 0.3 is 6.09 Å². The van der Waals surface area contributed by atoms with Crippen molar-refractivity contribution in [2.45, 2.75) is 19.4 Å². The van der Waals surface area contributed by atoms with Gasteiger partial charge in [-0.2, -0.15) is 5.01 Å². The van der Waals surface area contributed by atoms with E-state index in [-0.39, 0.29) is 13.0 Å². The maximum atomic E-state index is 12.0. The first-order valence-electron chi connectivity index (χ1n) is 6.60. The number of hydrogen-bond donors (Lipinski definition) is 3. The lowest BCUT2D eigenvalue weighted by atomic mass is 10.1. The number of carbonyl (C=O) groups is 2. The zero-order valence-electron chi connectivity index (χ0n) is 11.7. The van der Waals surface area contributed by atoms with Crippen molar-refractivity contribution < 1.29 is 14.3 Å². The molecule has 0 saturated heterocycles. The molecule has 21 heavy (non-hydrogen) atoms. The molecule has 0 aliphatic carbocycles. The molecular formula is C14H18N4O3. The monoisotopic (exact) mass is 290 g/mol. The Bertz CT molecular complexity index is 652. The number of benzene rings is 1. The summed E-state index contributed by atoms with van der Waals surface area (Å²) in [5, 5.41) is 1.41. The van der Waals surface area contributed by atoms with E-state index < -0.39 is 18.0 Å². The zero-order valence-corrected chi connectivity index (χ0v) is 11.7. The van der Waals surface area contributed by atoms with E-state index in [4.69, 9.17) is 11.6 Å². The summed E-state index contributed by atoms with van der Waals surface area (Å²) < 4.78 is 4.66. The molecule has 7 heteroatoms. The van der Waals surface area contributed by atoms with E-state index in [0.29, 0.717) is 5.01 Å². The highest BCUT2D eigenvalue weighted by Crippen LogP contribution is 2.19. The van der Waals surface area contributed by atoms with Gasteiger partial charge in [-0.1, -0.05) is 18.2 Å². The highest BCUT2D eigenvalue weighted by atomic mass is 16.6. The van der Waals surface area contributed by atoms with Gasteiger partial charge in [0.1, 0.15) is 0 Å². The van der Waals surface area contributed by atoms with Crippen LogP contribution in [-0.2, 0) is 16.0 Å². The van der Waals surface area contributed by atoms with Crippen LogP contribution in [0.25, 0.3) is 10.9 Å². The molecule has 5 N–H and O–H groups in total. The molecule has 2 amide bonds. The highest BCUT2D eigenvalue weighted by Gasteiger charge is 2.25. The fourth-order valence-electron chi connectivity index (χ4n) is 2.09. The number of aromatic amines is 1. The van der Waals surface area contributed by atoms with Gasteiger partial charge in [-0.15, -0.1) is 0 Å². The minimum absolute atomic E-state index is 0.136. The second kappa shape index (κ2) is 6.38. The van der Waals surface area contributed by atoms with Crippen molar-refractivity contribution in [2.75, 3.05) is 6.61 Å². The number of nitrogens with zero attached hydrogens (tertiary/aromatic N) is 1. The number of fused-ring (bicyclic) bond motifs is 1. The van der Waals surface area contributed by atoms with Crippen molar-refractivity contribution in [3.63, 3.8) is 0 Å². The smallest absolute Gasteiger partial charge is 0.431 e. The summed E-state index contributed by atoms with van der Waals surface area (Å²) in [4.78, 5) is 26.5. The number of amides is 2. The van der Waals surface area contributed by atoms with E-state index in [1.54, 1.807) is 13.1 Å². The van der Waals surface area contributed by atoms with E-state index in [1.807, 2.05) is 24.3 Å². The van der Waals surface area contributed by atoms with Gasteiger partial charge in [0.25, 0.3) is 5.91 Å². The van der Waals surface area contributed by atoms with E-state index in [0.717, 1.165) is 16.5 Å². The largest absolute Gasteiger partial charge is 0.448 e. The maximum absolute atomic E-state index is 12.0. The van der Waals surface area contributed by atoms with Crippen LogP contribution in [0.5, 0.6) is 0 Å². The number of ether oxygens (including phenoxy) is 1. The number of para-hydroxylation sites is 1. The van der Waals surface area contributed by atoms with Crippen LogP contribution >= 0.6 is 0 Å². The second-order valence-corrected chi connectivity index (χ2v) is 4.58. The van der Waals surface area contributed by atoms with Crippen molar-refractivity contribution in [3.8, 4) is 0 Å². The van der Waals surface area contributed by atoms with Gasteiger partial charge in [0.2, 0.25) is 0 Å². The molecule has 0 fully saturated rings. The molecule has 2 rings (SSSR count). The molecule has 1 atom stereocenters. The van der Waals surface area contributed by atoms with Crippen molar-refractivity contribution in [1.29, 1.82) is 0 Å². The molecule has 2 aromatic rings. The van der Waals surface area contributed by atoms with Crippen LogP contribution in [0.4, 0.5) is 4.79 Å². The number of nitrogens with two attached hydrogens (primary N) is 2. The van der Waals surface area contributed by atoms with Gasteiger partial charge in [0, 0.05) is 17.1 Å². The summed E-state index contributed by atoms with van der Waals surface area (Å²) in [5.74, 6) is 4.73. The van der Waals surface area contributed by atoms with Crippen LogP contribution in [-0.4, -0.2) is 34.6 Å². The summed E-state index contributed by atoms with van der Waals surface area (Å²) in [5.41, 5.74) is 7.69. The number of nitrogens with one attached hydrogen (secondary N) is 1. The molecule has 7 nitrogen and oxygen atoms in total. The Labute approximate surface area is 121 Å². The third-order valence-corrected chi connectivity index (χ3v) is 3.13. The summed E-state index contributed by atoms with van der Waals surface area (Å²) >= 11 is 0. The lowest BCUT2D eigenvalue weighted by molar-refractivity contribution is -0.131. The van der Waals surface area contributed by atoms with Gasteiger partial charge < -0.3 is 15.5 Å². The Hall–Kier alpha value is -2.38. The molecule has 1 aromatic carbocycles. The number of H-pyrrole nitrogens is 1. The molecule has 0 radical (unpaired) electrons. The average molecular weight is 290 g/mol.